The fraction of sp³-hybridized carbons (Fsp3) is 0.353. The number of hydrogen-bond acceptors (Lipinski definition) is 7. The summed E-state index contributed by atoms with van der Waals surface area (Å²) in [5.74, 6) is 1.59. The number of aromatic nitrogens is 5. The van der Waals surface area contributed by atoms with Gasteiger partial charge in [-0.25, -0.2) is 15.1 Å². The molecule has 1 aliphatic heterocycles. The summed E-state index contributed by atoms with van der Waals surface area (Å²) in [5.41, 5.74) is 1.23. The van der Waals surface area contributed by atoms with Crippen molar-refractivity contribution in [2.75, 3.05) is 23.3 Å². The van der Waals surface area contributed by atoms with Gasteiger partial charge in [0.2, 0.25) is 0 Å². The molecule has 1 aliphatic rings. The van der Waals surface area contributed by atoms with Gasteiger partial charge in [-0.15, -0.1) is 0 Å². The number of anilines is 2. The molecule has 0 amide bonds. The summed E-state index contributed by atoms with van der Waals surface area (Å²) in [6.07, 6.45) is 6.68. The molecule has 25 heavy (non-hydrogen) atoms. The van der Waals surface area contributed by atoms with E-state index in [2.05, 4.69) is 35.4 Å². The van der Waals surface area contributed by atoms with E-state index in [9.17, 15) is 4.79 Å². The summed E-state index contributed by atoms with van der Waals surface area (Å²) in [5, 5.41) is 10.1. The Morgan fingerprint density at radius 3 is 2.96 bits per heavy atom. The molecule has 8 heteroatoms. The highest BCUT2D eigenvalue weighted by atomic mass is 16.1. The first-order valence-corrected chi connectivity index (χ1v) is 8.43. The first kappa shape index (κ1) is 15.5. The average Bonchev–Trinajstić information content (AvgIpc) is 2.67. The zero-order valence-corrected chi connectivity index (χ0v) is 13.7. The Kier molecular flexibility index (Phi) is 4.24. The lowest BCUT2D eigenvalue weighted by molar-refractivity contribution is 0.467. The number of fused-ring (bicyclic) bond motifs is 1. The van der Waals surface area contributed by atoms with Crippen molar-refractivity contribution >= 4 is 22.8 Å². The number of aromatic amines is 1. The van der Waals surface area contributed by atoms with Gasteiger partial charge in [-0.05, 0) is 37.5 Å². The lowest BCUT2D eigenvalue weighted by Gasteiger charge is -2.36. The minimum Gasteiger partial charge on any atom is -0.368 e. The number of H-pyrrole nitrogens is 1. The van der Waals surface area contributed by atoms with Gasteiger partial charge in [0.05, 0.1) is 0 Å². The van der Waals surface area contributed by atoms with Crippen molar-refractivity contribution in [1.29, 1.82) is 0 Å². The van der Waals surface area contributed by atoms with Crippen molar-refractivity contribution < 1.29 is 0 Å². The van der Waals surface area contributed by atoms with Crippen LogP contribution in [0.1, 0.15) is 19.3 Å². The first-order chi connectivity index (χ1) is 12.3. The number of piperidine rings is 1. The average molecular weight is 337 g/mol. The molecule has 0 aromatic carbocycles. The molecule has 2 N–H and O–H groups in total. The van der Waals surface area contributed by atoms with Gasteiger partial charge in [-0.1, -0.05) is 0 Å². The van der Waals surface area contributed by atoms with Crippen LogP contribution in [0, 0.1) is 0 Å². The molecule has 8 nitrogen and oxygen atoms in total. The molecule has 3 aromatic heterocycles. The van der Waals surface area contributed by atoms with E-state index in [1.807, 2.05) is 12.1 Å². The topological polar surface area (TPSA) is 99.7 Å². The van der Waals surface area contributed by atoms with Gasteiger partial charge >= 0.3 is 0 Å². The maximum absolute atomic E-state index is 11.2. The number of pyridine rings is 1. The molecule has 1 saturated heterocycles. The van der Waals surface area contributed by atoms with E-state index in [0.29, 0.717) is 11.7 Å². The Hall–Kier alpha value is -3.03. The molecular formula is C17H19N7O. The number of rotatable bonds is 4. The van der Waals surface area contributed by atoms with Crippen molar-refractivity contribution in [3.63, 3.8) is 0 Å². The molecule has 3 aromatic rings. The fourth-order valence-electron chi connectivity index (χ4n) is 3.19. The third-order valence-electron chi connectivity index (χ3n) is 4.44. The predicted molar refractivity (Wildman–Crippen MR) is 95.7 cm³/mol. The van der Waals surface area contributed by atoms with Crippen LogP contribution in [-0.2, 0) is 0 Å². The van der Waals surface area contributed by atoms with Crippen LogP contribution in [0.15, 0.2) is 41.5 Å². The number of hydrogen-bond donors (Lipinski definition) is 2. The van der Waals surface area contributed by atoms with Gasteiger partial charge < -0.3 is 10.2 Å². The van der Waals surface area contributed by atoms with E-state index in [1.165, 1.54) is 12.5 Å². The third kappa shape index (κ3) is 3.42. The third-order valence-corrected chi connectivity index (χ3v) is 4.44. The minimum absolute atomic E-state index is 0.183. The van der Waals surface area contributed by atoms with Crippen molar-refractivity contribution in [2.24, 2.45) is 0 Å². The van der Waals surface area contributed by atoms with Crippen LogP contribution < -0.4 is 15.8 Å². The summed E-state index contributed by atoms with van der Waals surface area (Å²) in [7, 11) is 0. The Balaban J connectivity index is 1.49. The summed E-state index contributed by atoms with van der Waals surface area (Å²) >= 11 is 0. The van der Waals surface area contributed by atoms with E-state index >= 15 is 0 Å². The van der Waals surface area contributed by atoms with Gasteiger partial charge in [0.25, 0.3) is 5.56 Å². The SMILES string of the molecule is O=c1ccc(N2CCCCC2CNc2ccc3nccnc3n2)n[nH]1. The number of nitrogens with zero attached hydrogens (tertiary/aromatic N) is 5. The minimum atomic E-state index is -0.183. The molecule has 0 spiro atoms. The van der Waals surface area contributed by atoms with Crippen LogP contribution in [0.3, 0.4) is 0 Å². The second-order valence-electron chi connectivity index (χ2n) is 6.10. The second-order valence-corrected chi connectivity index (χ2v) is 6.10. The van der Waals surface area contributed by atoms with Crippen LogP contribution in [0.25, 0.3) is 11.2 Å². The van der Waals surface area contributed by atoms with Crippen molar-refractivity contribution in [1.82, 2.24) is 25.1 Å². The largest absolute Gasteiger partial charge is 0.368 e. The highest BCUT2D eigenvalue weighted by Gasteiger charge is 2.23. The van der Waals surface area contributed by atoms with Crippen LogP contribution in [-0.4, -0.2) is 44.3 Å². The van der Waals surface area contributed by atoms with E-state index in [0.717, 1.165) is 43.1 Å². The molecule has 0 radical (unpaired) electrons. The van der Waals surface area contributed by atoms with Crippen LogP contribution in [0.4, 0.5) is 11.6 Å². The zero-order chi connectivity index (χ0) is 17.1. The van der Waals surface area contributed by atoms with Gasteiger partial charge in [-0.2, -0.15) is 5.10 Å². The zero-order valence-electron chi connectivity index (χ0n) is 13.7. The number of nitrogens with one attached hydrogen (secondary N) is 2. The molecule has 128 valence electrons. The molecular weight excluding hydrogens is 318 g/mol. The summed E-state index contributed by atoms with van der Waals surface area (Å²) < 4.78 is 0. The van der Waals surface area contributed by atoms with E-state index in [1.54, 1.807) is 18.5 Å². The normalized spacial score (nSPS) is 17.6. The maximum Gasteiger partial charge on any atom is 0.264 e. The van der Waals surface area contributed by atoms with E-state index < -0.39 is 0 Å². The summed E-state index contributed by atoms with van der Waals surface area (Å²) in [4.78, 5) is 26.5. The standard InChI is InChI=1S/C17H19N7O/c25-16-7-6-15(22-23-16)24-10-2-1-3-12(24)11-20-14-5-4-13-17(21-14)19-9-8-18-13/h4-9,12H,1-3,10-11H2,(H,23,25)(H,19,20,21). The highest BCUT2D eigenvalue weighted by molar-refractivity contribution is 5.71. The summed E-state index contributed by atoms with van der Waals surface area (Å²) in [6, 6.07) is 7.43. The van der Waals surface area contributed by atoms with Crippen molar-refractivity contribution in [3.8, 4) is 0 Å². The Bertz CT molecular complexity index is 906. The lowest BCUT2D eigenvalue weighted by atomic mass is 10.0. The summed E-state index contributed by atoms with van der Waals surface area (Å²) in [6.45, 7) is 1.68. The second kappa shape index (κ2) is 6.84. The van der Waals surface area contributed by atoms with Gasteiger partial charge in [0.1, 0.15) is 17.2 Å². The van der Waals surface area contributed by atoms with Gasteiger partial charge in [-0.3, -0.25) is 9.78 Å². The fourth-order valence-corrected chi connectivity index (χ4v) is 3.19. The van der Waals surface area contributed by atoms with Crippen LogP contribution in [0.2, 0.25) is 0 Å². The maximum atomic E-state index is 11.2. The quantitative estimate of drug-likeness (QED) is 0.745. The molecule has 1 unspecified atom stereocenters. The molecule has 4 rings (SSSR count). The Morgan fingerprint density at radius 2 is 2.08 bits per heavy atom. The van der Waals surface area contributed by atoms with Gasteiger partial charge in [0.15, 0.2) is 5.65 Å². The highest BCUT2D eigenvalue weighted by Crippen LogP contribution is 2.22. The Morgan fingerprint density at radius 1 is 1.16 bits per heavy atom. The van der Waals surface area contributed by atoms with Gasteiger partial charge in [0, 0.05) is 37.6 Å². The van der Waals surface area contributed by atoms with Crippen LogP contribution in [0.5, 0.6) is 0 Å². The monoisotopic (exact) mass is 337 g/mol. The lowest BCUT2D eigenvalue weighted by Crippen LogP contribution is -2.44. The molecule has 0 saturated carbocycles. The predicted octanol–water partition coefficient (Wildman–Crippen LogP) is 1.58. The molecule has 1 fully saturated rings. The van der Waals surface area contributed by atoms with Crippen molar-refractivity contribution in [3.05, 3.63) is 47.0 Å². The smallest absolute Gasteiger partial charge is 0.264 e. The molecule has 4 heterocycles. The van der Waals surface area contributed by atoms with E-state index in [4.69, 9.17) is 0 Å². The molecule has 1 atom stereocenters. The first-order valence-electron chi connectivity index (χ1n) is 8.43. The van der Waals surface area contributed by atoms with E-state index in [-0.39, 0.29) is 5.56 Å². The molecule has 0 bridgehead atoms. The Labute approximate surface area is 144 Å². The van der Waals surface area contributed by atoms with Crippen LogP contribution >= 0.6 is 0 Å². The van der Waals surface area contributed by atoms with Crippen molar-refractivity contribution in [2.45, 2.75) is 25.3 Å². The molecule has 0 aliphatic carbocycles.